The van der Waals surface area contributed by atoms with Gasteiger partial charge in [-0.2, -0.15) is 0 Å². The van der Waals surface area contributed by atoms with E-state index >= 15 is 0 Å². The number of hydrogen-bond donors (Lipinski definition) is 2. The largest absolute Gasteiger partial charge is 0.508 e. The Morgan fingerprint density at radius 1 is 1.42 bits per heavy atom. The predicted molar refractivity (Wildman–Crippen MR) is 77.1 cm³/mol. The van der Waals surface area contributed by atoms with Crippen LogP contribution in [0.4, 0.5) is 5.69 Å². The van der Waals surface area contributed by atoms with E-state index in [9.17, 15) is 9.90 Å². The molecule has 1 aromatic carbocycles. The standard InChI is InChI=1S/C14H13BrN2O2/c1-9-6-11(8-16-14(9)15)17-13(19)7-10-4-2-3-5-12(10)18/h2-6,8,18H,7H2,1H3,(H,17,19). The van der Waals surface area contributed by atoms with E-state index < -0.39 is 0 Å². The van der Waals surface area contributed by atoms with Gasteiger partial charge in [0.25, 0.3) is 0 Å². The highest BCUT2D eigenvalue weighted by Crippen LogP contribution is 2.19. The molecule has 2 N–H and O–H groups in total. The molecule has 2 rings (SSSR count). The quantitative estimate of drug-likeness (QED) is 0.854. The average Bonchev–Trinajstić information content (AvgIpc) is 2.37. The van der Waals surface area contributed by atoms with Crippen LogP contribution in [0.15, 0.2) is 41.1 Å². The van der Waals surface area contributed by atoms with Gasteiger partial charge in [0.1, 0.15) is 10.4 Å². The molecule has 0 aliphatic heterocycles. The zero-order chi connectivity index (χ0) is 13.8. The second-order valence-electron chi connectivity index (χ2n) is 4.19. The Bertz CT molecular complexity index is 614. The number of aryl methyl sites for hydroxylation is 1. The van der Waals surface area contributed by atoms with Crippen LogP contribution in [0.2, 0.25) is 0 Å². The molecule has 0 saturated heterocycles. The van der Waals surface area contributed by atoms with Crippen molar-refractivity contribution < 1.29 is 9.90 Å². The number of pyridine rings is 1. The van der Waals surface area contributed by atoms with Crippen LogP contribution in [0, 0.1) is 6.92 Å². The fourth-order valence-electron chi connectivity index (χ4n) is 1.66. The van der Waals surface area contributed by atoms with Gasteiger partial charge in [-0.1, -0.05) is 18.2 Å². The molecule has 0 saturated carbocycles. The summed E-state index contributed by atoms with van der Waals surface area (Å²) in [7, 11) is 0. The minimum absolute atomic E-state index is 0.127. The van der Waals surface area contributed by atoms with Gasteiger partial charge < -0.3 is 10.4 Å². The van der Waals surface area contributed by atoms with Crippen molar-refractivity contribution in [3.05, 3.63) is 52.3 Å². The van der Waals surface area contributed by atoms with Crippen LogP contribution in [0.5, 0.6) is 5.75 Å². The SMILES string of the molecule is Cc1cc(NC(=O)Cc2ccccc2O)cnc1Br. The lowest BCUT2D eigenvalue weighted by atomic mass is 10.1. The molecule has 4 nitrogen and oxygen atoms in total. The molecule has 0 spiro atoms. The highest BCUT2D eigenvalue weighted by atomic mass is 79.9. The maximum Gasteiger partial charge on any atom is 0.228 e. The first kappa shape index (κ1) is 13.5. The first-order valence-electron chi connectivity index (χ1n) is 5.75. The number of nitrogens with one attached hydrogen (secondary N) is 1. The monoisotopic (exact) mass is 320 g/mol. The van der Waals surface area contributed by atoms with Gasteiger partial charge in [-0.15, -0.1) is 0 Å². The number of rotatable bonds is 3. The number of benzene rings is 1. The summed E-state index contributed by atoms with van der Waals surface area (Å²) in [6.07, 6.45) is 1.71. The number of aromatic nitrogens is 1. The highest BCUT2D eigenvalue weighted by molar-refractivity contribution is 9.10. The second-order valence-corrected chi connectivity index (χ2v) is 4.94. The number of para-hydroxylation sites is 1. The van der Waals surface area contributed by atoms with Gasteiger partial charge in [0.15, 0.2) is 0 Å². The van der Waals surface area contributed by atoms with Crippen molar-refractivity contribution in [1.29, 1.82) is 0 Å². The van der Waals surface area contributed by atoms with E-state index in [2.05, 4.69) is 26.2 Å². The predicted octanol–water partition coefficient (Wildman–Crippen LogP) is 3.04. The van der Waals surface area contributed by atoms with Gasteiger partial charge in [-0.25, -0.2) is 4.98 Å². The van der Waals surface area contributed by atoms with E-state index in [0.29, 0.717) is 11.3 Å². The van der Waals surface area contributed by atoms with Crippen molar-refractivity contribution in [2.24, 2.45) is 0 Å². The number of hydrogen-bond acceptors (Lipinski definition) is 3. The molecule has 1 aromatic heterocycles. The smallest absolute Gasteiger partial charge is 0.228 e. The van der Waals surface area contributed by atoms with E-state index in [1.165, 1.54) is 0 Å². The van der Waals surface area contributed by atoms with Crippen LogP contribution in [0.1, 0.15) is 11.1 Å². The first-order valence-corrected chi connectivity index (χ1v) is 6.54. The van der Waals surface area contributed by atoms with Crippen molar-refractivity contribution in [2.75, 3.05) is 5.32 Å². The zero-order valence-corrected chi connectivity index (χ0v) is 11.9. The van der Waals surface area contributed by atoms with Crippen molar-refractivity contribution in [2.45, 2.75) is 13.3 Å². The second kappa shape index (κ2) is 5.84. The fraction of sp³-hybridized carbons (Fsp3) is 0.143. The molecule has 0 radical (unpaired) electrons. The molecule has 0 aliphatic rings. The van der Waals surface area contributed by atoms with Crippen LogP contribution in [-0.2, 0) is 11.2 Å². The Morgan fingerprint density at radius 3 is 2.84 bits per heavy atom. The fourth-order valence-corrected chi connectivity index (χ4v) is 1.88. The van der Waals surface area contributed by atoms with Gasteiger partial charge in [-0.3, -0.25) is 4.79 Å². The number of phenols is 1. The van der Waals surface area contributed by atoms with Crippen molar-refractivity contribution >= 4 is 27.5 Å². The van der Waals surface area contributed by atoms with Crippen molar-refractivity contribution in [1.82, 2.24) is 4.98 Å². The number of phenolic OH excluding ortho intramolecular Hbond substituents is 1. The first-order chi connectivity index (χ1) is 9.06. The molecule has 5 heteroatoms. The van der Waals surface area contributed by atoms with Crippen LogP contribution < -0.4 is 5.32 Å². The Labute approximate surface area is 119 Å². The van der Waals surface area contributed by atoms with Crippen LogP contribution in [0.25, 0.3) is 0 Å². The number of carbonyl (C=O) groups is 1. The number of anilines is 1. The molecule has 2 aromatic rings. The lowest BCUT2D eigenvalue weighted by Crippen LogP contribution is -2.14. The summed E-state index contributed by atoms with van der Waals surface area (Å²) in [5, 5.41) is 12.4. The molecule has 0 fully saturated rings. The third kappa shape index (κ3) is 3.54. The van der Waals surface area contributed by atoms with Gasteiger partial charge in [0, 0.05) is 5.56 Å². The van der Waals surface area contributed by atoms with Gasteiger partial charge in [-0.05, 0) is 40.5 Å². The van der Waals surface area contributed by atoms with E-state index in [1.807, 2.05) is 13.0 Å². The molecule has 0 unspecified atom stereocenters. The summed E-state index contributed by atoms with van der Waals surface area (Å²) in [6.45, 7) is 1.90. The lowest BCUT2D eigenvalue weighted by Gasteiger charge is -2.07. The Hall–Kier alpha value is -1.88. The average molecular weight is 321 g/mol. The minimum Gasteiger partial charge on any atom is -0.508 e. The molecule has 98 valence electrons. The molecule has 0 atom stereocenters. The third-order valence-electron chi connectivity index (χ3n) is 2.64. The van der Waals surface area contributed by atoms with Crippen LogP contribution in [-0.4, -0.2) is 16.0 Å². The summed E-state index contributed by atoms with van der Waals surface area (Å²) in [5.74, 6) is -0.0622. The van der Waals surface area contributed by atoms with Crippen LogP contribution >= 0.6 is 15.9 Å². The van der Waals surface area contributed by atoms with E-state index in [0.717, 1.165) is 10.2 Å². The van der Waals surface area contributed by atoms with E-state index in [4.69, 9.17) is 0 Å². The van der Waals surface area contributed by atoms with Gasteiger partial charge in [0.05, 0.1) is 18.3 Å². The zero-order valence-electron chi connectivity index (χ0n) is 10.4. The Kier molecular flexibility index (Phi) is 4.16. The summed E-state index contributed by atoms with van der Waals surface area (Å²) in [5.41, 5.74) is 2.18. The number of aromatic hydroxyl groups is 1. The van der Waals surface area contributed by atoms with Gasteiger partial charge >= 0.3 is 0 Å². The summed E-state index contributed by atoms with van der Waals surface area (Å²) >= 11 is 3.30. The Balaban J connectivity index is 2.05. The van der Waals surface area contributed by atoms with E-state index in [-0.39, 0.29) is 18.1 Å². The maximum absolute atomic E-state index is 11.9. The number of amides is 1. The molecule has 1 amide bonds. The third-order valence-corrected chi connectivity index (χ3v) is 3.47. The normalized spacial score (nSPS) is 10.2. The maximum atomic E-state index is 11.9. The number of nitrogens with zero attached hydrogens (tertiary/aromatic N) is 1. The van der Waals surface area contributed by atoms with Crippen molar-refractivity contribution in [3.63, 3.8) is 0 Å². The molecular formula is C14H13BrN2O2. The number of halogens is 1. The molecule has 19 heavy (non-hydrogen) atoms. The summed E-state index contributed by atoms with van der Waals surface area (Å²) in [6, 6.07) is 8.63. The van der Waals surface area contributed by atoms with Crippen LogP contribution in [0.3, 0.4) is 0 Å². The Morgan fingerprint density at radius 2 is 2.16 bits per heavy atom. The van der Waals surface area contributed by atoms with Crippen molar-refractivity contribution in [3.8, 4) is 5.75 Å². The molecule has 1 heterocycles. The lowest BCUT2D eigenvalue weighted by molar-refractivity contribution is -0.115. The van der Waals surface area contributed by atoms with Gasteiger partial charge in [0.2, 0.25) is 5.91 Å². The molecule has 0 bridgehead atoms. The van der Waals surface area contributed by atoms with E-state index in [1.54, 1.807) is 30.5 Å². The molecular weight excluding hydrogens is 308 g/mol. The topological polar surface area (TPSA) is 62.2 Å². The highest BCUT2D eigenvalue weighted by Gasteiger charge is 2.08. The summed E-state index contributed by atoms with van der Waals surface area (Å²) < 4.78 is 0.756. The minimum atomic E-state index is -0.190. The summed E-state index contributed by atoms with van der Waals surface area (Å²) in [4.78, 5) is 16.0. The molecule has 0 aliphatic carbocycles. The number of carbonyl (C=O) groups excluding carboxylic acids is 1.